The molecule has 3 rings (SSSR count). The molecule has 110 valence electrons. The van der Waals surface area contributed by atoms with Gasteiger partial charge in [0.25, 0.3) is 10.1 Å². The molecule has 0 bridgehead atoms. The summed E-state index contributed by atoms with van der Waals surface area (Å²) in [5, 5.41) is 0. The monoisotopic (exact) mass is 303 g/mol. The molecule has 1 heterocycles. The average molecular weight is 303 g/mol. The van der Waals surface area contributed by atoms with Crippen LogP contribution in [-0.2, 0) is 29.6 Å². The van der Waals surface area contributed by atoms with Gasteiger partial charge in [-0.05, 0) is 29.2 Å². The van der Waals surface area contributed by atoms with Gasteiger partial charge in [-0.1, -0.05) is 42.5 Å². The van der Waals surface area contributed by atoms with Crippen LogP contribution in [0.1, 0.15) is 16.7 Å². The van der Waals surface area contributed by atoms with Gasteiger partial charge in [-0.2, -0.15) is 8.42 Å². The highest BCUT2D eigenvalue weighted by molar-refractivity contribution is 7.85. The van der Waals surface area contributed by atoms with Crippen LogP contribution in [0, 0.1) is 0 Å². The Balaban J connectivity index is 1.83. The largest absolute Gasteiger partial charge is 0.294 e. The quantitative estimate of drug-likeness (QED) is 0.885. The number of rotatable bonds is 3. The highest BCUT2D eigenvalue weighted by Crippen LogP contribution is 2.22. The summed E-state index contributed by atoms with van der Waals surface area (Å²) in [6.45, 7) is 2.21. The third-order valence-electron chi connectivity index (χ3n) is 3.85. The summed E-state index contributed by atoms with van der Waals surface area (Å²) in [6, 6.07) is 14.9. The van der Waals surface area contributed by atoms with E-state index in [1.54, 1.807) is 18.2 Å². The maximum atomic E-state index is 11.4. The molecular formula is C16H17NO3S. The Morgan fingerprint density at radius 1 is 1.00 bits per heavy atom. The molecule has 0 spiro atoms. The lowest BCUT2D eigenvalue weighted by Crippen LogP contribution is -2.30. The second-order valence-electron chi connectivity index (χ2n) is 5.31. The zero-order chi connectivity index (χ0) is 14.9. The number of hydrogen-bond donors (Lipinski definition) is 1. The molecule has 1 aliphatic heterocycles. The van der Waals surface area contributed by atoms with Crippen LogP contribution >= 0.6 is 0 Å². The van der Waals surface area contributed by atoms with E-state index in [1.807, 2.05) is 12.1 Å². The van der Waals surface area contributed by atoms with E-state index in [-0.39, 0.29) is 4.90 Å². The van der Waals surface area contributed by atoms with Gasteiger partial charge in [-0.3, -0.25) is 9.45 Å². The van der Waals surface area contributed by atoms with Gasteiger partial charge in [-0.25, -0.2) is 0 Å². The average Bonchev–Trinajstić information content (AvgIpc) is 2.46. The van der Waals surface area contributed by atoms with E-state index in [4.69, 9.17) is 0 Å². The summed E-state index contributed by atoms with van der Waals surface area (Å²) in [5.41, 5.74) is 3.28. The summed E-state index contributed by atoms with van der Waals surface area (Å²) in [5.74, 6) is 0. The molecule has 0 amide bonds. The normalized spacial score (nSPS) is 15.7. The first-order chi connectivity index (χ1) is 10.0. The van der Waals surface area contributed by atoms with Crippen molar-refractivity contribution in [3.63, 3.8) is 0 Å². The molecule has 1 N–H and O–H groups in total. The van der Waals surface area contributed by atoms with Crippen molar-refractivity contribution in [3.05, 3.63) is 65.2 Å². The van der Waals surface area contributed by atoms with Crippen LogP contribution in [0.4, 0.5) is 0 Å². The van der Waals surface area contributed by atoms with Gasteiger partial charge >= 0.3 is 0 Å². The number of fused-ring (bicyclic) bond motifs is 1. The van der Waals surface area contributed by atoms with Crippen molar-refractivity contribution in [1.82, 2.24) is 4.90 Å². The SMILES string of the molecule is O=S(=O)(O)c1ccccc1CN1CCc2ccccc2C1. The summed E-state index contributed by atoms with van der Waals surface area (Å²) in [4.78, 5) is 2.20. The lowest BCUT2D eigenvalue weighted by molar-refractivity contribution is 0.243. The molecule has 5 heteroatoms. The smallest absolute Gasteiger partial charge is 0.294 e. The maximum absolute atomic E-state index is 11.4. The molecule has 0 unspecified atom stereocenters. The standard InChI is InChI=1S/C16H17NO3S/c18-21(19,20)16-8-4-3-7-15(16)12-17-10-9-13-5-1-2-6-14(13)11-17/h1-8H,9-12H2,(H,18,19,20). The van der Waals surface area contributed by atoms with Gasteiger partial charge in [-0.15, -0.1) is 0 Å². The van der Waals surface area contributed by atoms with E-state index in [1.165, 1.54) is 17.2 Å². The van der Waals surface area contributed by atoms with Gasteiger partial charge in [0.05, 0.1) is 4.90 Å². The lowest BCUT2D eigenvalue weighted by atomic mass is 9.99. The molecular weight excluding hydrogens is 286 g/mol. The first-order valence-corrected chi connectivity index (χ1v) is 8.32. The Hall–Kier alpha value is -1.69. The predicted octanol–water partition coefficient (Wildman–Crippen LogP) is 2.49. The molecule has 4 nitrogen and oxygen atoms in total. The van der Waals surface area contributed by atoms with Gasteiger partial charge in [0.1, 0.15) is 0 Å². The van der Waals surface area contributed by atoms with Crippen molar-refractivity contribution < 1.29 is 13.0 Å². The van der Waals surface area contributed by atoms with E-state index < -0.39 is 10.1 Å². The number of nitrogens with zero attached hydrogens (tertiary/aromatic N) is 1. The fourth-order valence-corrected chi connectivity index (χ4v) is 3.53. The Bertz CT molecular complexity index is 756. The van der Waals surface area contributed by atoms with Crippen LogP contribution in [0.15, 0.2) is 53.4 Å². The number of hydrogen-bond acceptors (Lipinski definition) is 3. The zero-order valence-electron chi connectivity index (χ0n) is 11.6. The zero-order valence-corrected chi connectivity index (χ0v) is 12.4. The molecule has 0 fully saturated rings. The lowest BCUT2D eigenvalue weighted by Gasteiger charge is -2.29. The van der Waals surface area contributed by atoms with Gasteiger partial charge in [0.2, 0.25) is 0 Å². The van der Waals surface area contributed by atoms with Gasteiger partial charge < -0.3 is 0 Å². The molecule has 0 aromatic heterocycles. The molecule has 0 saturated carbocycles. The summed E-state index contributed by atoms with van der Waals surface area (Å²) < 4.78 is 32.2. The van der Waals surface area contributed by atoms with Crippen molar-refractivity contribution in [2.24, 2.45) is 0 Å². The summed E-state index contributed by atoms with van der Waals surface area (Å²) in [7, 11) is -4.17. The van der Waals surface area contributed by atoms with Crippen molar-refractivity contribution in [2.45, 2.75) is 24.4 Å². The molecule has 0 saturated heterocycles. The van der Waals surface area contributed by atoms with Gasteiger partial charge in [0.15, 0.2) is 0 Å². The van der Waals surface area contributed by atoms with Crippen LogP contribution in [0.3, 0.4) is 0 Å². The first-order valence-electron chi connectivity index (χ1n) is 6.88. The van der Waals surface area contributed by atoms with E-state index >= 15 is 0 Å². The molecule has 0 atom stereocenters. The Labute approximate surface area is 124 Å². The first kappa shape index (κ1) is 14.3. The van der Waals surface area contributed by atoms with Crippen molar-refractivity contribution in [3.8, 4) is 0 Å². The molecule has 0 aliphatic carbocycles. The number of benzene rings is 2. The van der Waals surface area contributed by atoms with Gasteiger partial charge in [0, 0.05) is 19.6 Å². The Kier molecular flexibility index (Phi) is 3.80. The van der Waals surface area contributed by atoms with E-state index in [0.717, 1.165) is 19.5 Å². The fraction of sp³-hybridized carbons (Fsp3) is 0.250. The van der Waals surface area contributed by atoms with Crippen LogP contribution in [0.25, 0.3) is 0 Å². The minimum atomic E-state index is -4.17. The van der Waals surface area contributed by atoms with Crippen LogP contribution in [-0.4, -0.2) is 24.4 Å². The third kappa shape index (κ3) is 3.15. The second kappa shape index (κ2) is 5.60. The molecule has 1 aliphatic rings. The van der Waals surface area contributed by atoms with Crippen LogP contribution in [0.2, 0.25) is 0 Å². The van der Waals surface area contributed by atoms with E-state index in [0.29, 0.717) is 12.1 Å². The summed E-state index contributed by atoms with van der Waals surface area (Å²) >= 11 is 0. The van der Waals surface area contributed by atoms with E-state index in [2.05, 4.69) is 17.0 Å². The highest BCUT2D eigenvalue weighted by atomic mass is 32.2. The maximum Gasteiger partial charge on any atom is 0.294 e. The van der Waals surface area contributed by atoms with E-state index in [9.17, 15) is 13.0 Å². The fourth-order valence-electron chi connectivity index (χ4n) is 2.82. The van der Waals surface area contributed by atoms with Crippen molar-refractivity contribution >= 4 is 10.1 Å². The predicted molar refractivity (Wildman–Crippen MR) is 80.5 cm³/mol. The minimum Gasteiger partial charge on any atom is -0.294 e. The molecule has 2 aromatic rings. The molecule has 2 aromatic carbocycles. The highest BCUT2D eigenvalue weighted by Gasteiger charge is 2.20. The molecule has 0 radical (unpaired) electrons. The van der Waals surface area contributed by atoms with Crippen molar-refractivity contribution in [1.29, 1.82) is 0 Å². The topological polar surface area (TPSA) is 57.6 Å². The Morgan fingerprint density at radius 2 is 1.67 bits per heavy atom. The minimum absolute atomic E-state index is 0.00357. The van der Waals surface area contributed by atoms with Crippen LogP contribution < -0.4 is 0 Å². The summed E-state index contributed by atoms with van der Waals surface area (Å²) in [6.07, 6.45) is 0.963. The second-order valence-corrected chi connectivity index (χ2v) is 6.70. The van der Waals surface area contributed by atoms with Crippen molar-refractivity contribution in [2.75, 3.05) is 6.54 Å². The Morgan fingerprint density at radius 3 is 2.43 bits per heavy atom. The van der Waals surface area contributed by atoms with Crippen LogP contribution in [0.5, 0.6) is 0 Å². The molecule has 21 heavy (non-hydrogen) atoms. The third-order valence-corrected chi connectivity index (χ3v) is 4.81.